The molecule has 3 rings (SSSR count). The molecule has 1 aliphatic carbocycles. The molecule has 0 radical (unpaired) electrons. The molecule has 2 aromatic heterocycles. The van der Waals surface area contributed by atoms with Crippen molar-refractivity contribution in [3.05, 3.63) is 40.7 Å². The van der Waals surface area contributed by atoms with Gasteiger partial charge in [0, 0.05) is 49.1 Å². The van der Waals surface area contributed by atoms with Gasteiger partial charge in [0.2, 0.25) is 24.1 Å². The summed E-state index contributed by atoms with van der Waals surface area (Å²) in [6.07, 6.45) is 3.28. The summed E-state index contributed by atoms with van der Waals surface area (Å²) in [7, 11) is 0. The highest BCUT2D eigenvalue weighted by molar-refractivity contribution is 7.99. The number of amides is 1. The van der Waals surface area contributed by atoms with Crippen LogP contribution in [-0.2, 0) is 4.79 Å². The van der Waals surface area contributed by atoms with Crippen LogP contribution in [0.4, 0.5) is 19.0 Å². The van der Waals surface area contributed by atoms with Gasteiger partial charge < -0.3 is 5.21 Å². The average Bonchev–Trinajstić information content (AvgIpc) is 2.99. The van der Waals surface area contributed by atoms with Gasteiger partial charge in [-0.05, 0) is 6.92 Å². The number of carbonyl (C=O) groups excluding carboxylic acids is 1. The molecule has 0 aliphatic heterocycles. The number of hydrogen-bond donors (Lipinski definition) is 0. The molecular weight excluding hydrogens is 417 g/mol. The molecule has 152 valence electrons. The first-order valence-electron chi connectivity index (χ1n) is 8.62. The van der Waals surface area contributed by atoms with Crippen LogP contribution in [0.25, 0.3) is 5.69 Å². The summed E-state index contributed by atoms with van der Waals surface area (Å²) in [5, 5.41) is 15.3. The van der Waals surface area contributed by atoms with Crippen LogP contribution >= 0.6 is 23.4 Å². The van der Waals surface area contributed by atoms with Crippen LogP contribution < -0.4 is 9.63 Å². The maximum atomic E-state index is 14.1. The molecule has 0 aromatic carbocycles. The van der Waals surface area contributed by atoms with Crippen LogP contribution in [-0.4, -0.2) is 39.7 Å². The number of pyridine rings is 1. The Morgan fingerprint density at radius 1 is 1.54 bits per heavy atom. The quantitative estimate of drug-likeness (QED) is 0.363. The third-order valence-corrected chi connectivity index (χ3v) is 5.77. The van der Waals surface area contributed by atoms with Crippen molar-refractivity contribution >= 4 is 35.1 Å². The molecule has 28 heavy (non-hydrogen) atoms. The molecule has 0 bridgehead atoms. The van der Waals surface area contributed by atoms with Gasteiger partial charge in [0.05, 0.1) is 0 Å². The largest absolute Gasteiger partial charge is 0.619 e. The second-order valence-electron chi connectivity index (χ2n) is 6.41. The van der Waals surface area contributed by atoms with Gasteiger partial charge in [-0.2, -0.15) is 20.9 Å². The van der Waals surface area contributed by atoms with Gasteiger partial charge in [-0.1, -0.05) is 11.6 Å². The summed E-state index contributed by atoms with van der Waals surface area (Å²) < 4.78 is 41.2. The van der Waals surface area contributed by atoms with Crippen LogP contribution in [0.15, 0.2) is 24.7 Å². The summed E-state index contributed by atoms with van der Waals surface area (Å²) in [4.78, 5) is 13.9. The minimum atomic E-state index is -2.54. The van der Waals surface area contributed by atoms with Gasteiger partial charge in [-0.15, -0.1) is 5.10 Å². The predicted molar refractivity (Wildman–Crippen MR) is 101 cm³/mol. The summed E-state index contributed by atoms with van der Waals surface area (Å²) >= 11 is 7.26. The van der Waals surface area contributed by atoms with Crippen LogP contribution in [0, 0.1) is 16.9 Å². The Morgan fingerprint density at radius 3 is 2.86 bits per heavy atom. The lowest BCUT2D eigenvalue weighted by Gasteiger charge is -2.18. The summed E-state index contributed by atoms with van der Waals surface area (Å²) in [6, 6.07) is 1.54. The molecule has 6 nitrogen and oxygen atoms in total. The van der Waals surface area contributed by atoms with Crippen molar-refractivity contribution in [2.75, 3.05) is 23.0 Å². The molecule has 2 heterocycles. The number of hydrogen-bond acceptors (Lipinski definition) is 4. The first kappa shape index (κ1) is 20.8. The fourth-order valence-corrected chi connectivity index (χ4v) is 4.14. The highest BCUT2D eigenvalue weighted by atomic mass is 35.5. The van der Waals surface area contributed by atoms with Crippen molar-refractivity contribution in [1.82, 2.24) is 9.78 Å². The van der Waals surface area contributed by atoms with E-state index in [-0.39, 0.29) is 34.2 Å². The topological polar surface area (TPSA) is 65.1 Å². The third-order valence-electron chi connectivity index (χ3n) is 4.37. The van der Waals surface area contributed by atoms with Gasteiger partial charge in [-0.3, -0.25) is 9.69 Å². The average molecular weight is 435 g/mol. The maximum absolute atomic E-state index is 14.1. The highest BCUT2D eigenvalue weighted by Crippen LogP contribution is 2.50. The Morgan fingerprint density at radius 2 is 2.25 bits per heavy atom. The minimum absolute atomic E-state index is 0.0720. The fourth-order valence-electron chi connectivity index (χ4n) is 2.74. The summed E-state index contributed by atoms with van der Waals surface area (Å²) in [5.41, 5.74) is -0.0931. The number of thioether (sulfide) groups is 1. The fraction of sp³-hybridized carbons (Fsp3) is 0.471. The number of rotatable bonds is 8. The molecule has 1 fully saturated rings. The standard InChI is InChI=1S/C17H18ClF3N4O2S/c1-2-24(15(26)4-6-28-10-11-7-17(11,20)21)14-3-5-25(22-14)16-12(18)8-23(27)9-13(16)19/h3,5,8-9,11H,2,4,6-7,10H2,1H3. The Hall–Kier alpha value is -1.94. The van der Waals surface area contributed by atoms with E-state index in [1.165, 1.54) is 28.9 Å². The minimum Gasteiger partial charge on any atom is -0.619 e. The second-order valence-corrected chi connectivity index (χ2v) is 7.96. The van der Waals surface area contributed by atoms with Gasteiger partial charge in [0.1, 0.15) is 10.7 Å². The van der Waals surface area contributed by atoms with E-state index in [2.05, 4.69) is 5.10 Å². The van der Waals surface area contributed by atoms with Crippen LogP contribution in [0.3, 0.4) is 0 Å². The molecule has 1 saturated carbocycles. The zero-order valence-corrected chi connectivity index (χ0v) is 16.5. The normalized spacial score (nSPS) is 17.5. The first-order chi connectivity index (χ1) is 13.2. The number of alkyl halides is 2. The van der Waals surface area contributed by atoms with Crippen LogP contribution in [0.5, 0.6) is 0 Å². The zero-order valence-electron chi connectivity index (χ0n) is 14.9. The van der Waals surface area contributed by atoms with Crippen molar-refractivity contribution < 1.29 is 22.7 Å². The van der Waals surface area contributed by atoms with E-state index in [9.17, 15) is 23.2 Å². The SMILES string of the molecule is CCN(C(=O)CCSCC1CC1(F)F)c1ccn(-c2c(F)c[n+]([O-])cc2Cl)n1. The van der Waals surface area contributed by atoms with Gasteiger partial charge >= 0.3 is 0 Å². The van der Waals surface area contributed by atoms with Crippen molar-refractivity contribution in [3.63, 3.8) is 0 Å². The lowest BCUT2D eigenvalue weighted by molar-refractivity contribution is -0.607. The van der Waals surface area contributed by atoms with Crippen molar-refractivity contribution in [2.45, 2.75) is 25.7 Å². The van der Waals surface area contributed by atoms with E-state index in [0.29, 0.717) is 23.9 Å². The molecule has 0 saturated heterocycles. The molecule has 0 N–H and O–H groups in total. The molecule has 1 atom stereocenters. The third kappa shape index (κ3) is 4.54. The van der Waals surface area contributed by atoms with Gasteiger partial charge in [0.15, 0.2) is 5.82 Å². The van der Waals surface area contributed by atoms with Crippen LogP contribution in [0.2, 0.25) is 5.02 Å². The molecule has 0 spiro atoms. The van der Waals surface area contributed by atoms with Gasteiger partial charge in [-0.25, -0.2) is 13.5 Å². The first-order valence-corrected chi connectivity index (χ1v) is 10.2. The van der Waals surface area contributed by atoms with E-state index >= 15 is 0 Å². The number of nitrogens with zero attached hydrogens (tertiary/aromatic N) is 4. The monoisotopic (exact) mass is 434 g/mol. The predicted octanol–water partition coefficient (Wildman–Crippen LogP) is 3.43. The lowest BCUT2D eigenvalue weighted by atomic mass is 10.4. The Kier molecular flexibility index (Phi) is 6.09. The Bertz CT molecular complexity index is 857. The smallest absolute Gasteiger partial charge is 0.252 e. The van der Waals surface area contributed by atoms with E-state index in [1.54, 1.807) is 6.92 Å². The lowest BCUT2D eigenvalue weighted by Crippen LogP contribution is -2.31. The van der Waals surface area contributed by atoms with E-state index in [4.69, 9.17) is 11.6 Å². The molecule has 2 aromatic rings. The maximum Gasteiger partial charge on any atom is 0.252 e. The molecule has 1 amide bonds. The molecule has 11 heteroatoms. The van der Waals surface area contributed by atoms with E-state index in [0.717, 1.165) is 17.1 Å². The second kappa shape index (κ2) is 8.20. The number of halogens is 4. The summed E-state index contributed by atoms with van der Waals surface area (Å²) in [5.74, 6) is -3.10. The molecule has 1 aliphatic rings. The molecule has 1 unspecified atom stereocenters. The zero-order chi connectivity index (χ0) is 20.5. The number of carbonyl (C=O) groups is 1. The Balaban J connectivity index is 1.62. The van der Waals surface area contributed by atoms with Crippen molar-refractivity contribution in [2.24, 2.45) is 5.92 Å². The van der Waals surface area contributed by atoms with E-state index in [1.807, 2.05) is 0 Å². The number of anilines is 1. The van der Waals surface area contributed by atoms with Crippen molar-refractivity contribution in [3.8, 4) is 5.69 Å². The summed E-state index contributed by atoms with van der Waals surface area (Å²) in [6.45, 7) is 2.11. The highest BCUT2D eigenvalue weighted by Gasteiger charge is 2.56. The van der Waals surface area contributed by atoms with E-state index < -0.39 is 17.7 Å². The Labute approximate surface area is 168 Å². The van der Waals surface area contributed by atoms with Crippen LogP contribution in [0.1, 0.15) is 19.8 Å². The van der Waals surface area contributed by atoms with Crippen molar-refractivity contribution in [1.29, 1.82) is 0 Å². The molecular formula is C17H18ClF3N4O2S. The van der Waals surface area contributed by atoms with Gasteiger partial charge in [0.25, 0.3) is 5.92 Å². The number of aromatic nitrogens is 3.